The van der Waals surface area contributed by atoms with Crippen molar-refractivity contribution in [2.45, 2.75) is 52.0 Å². The minimum atomic E-state index is -3.89. The number of H-pyrrole nitrogens is 1. The number of nitrogens with zero attached hydrogens (tertiary/aromatic N) is 4. The number of aryl methyl sites for hydroxylation is 2. The van der Waals surface area contributed by atoms with Crippen LogP contribution in [-0.2, 0) is 44.8 Å². The van der Waals surface area contributed by atoms with Gasteiger partial charge in [-0.1, -0.05) is 24.3 Å². The van der Waals surface area contributed by atoms with Gasteiger partial charge in [-0.25, -0.2) is 32.4 Å². The number of halogens is 2. The summed E-state index contributed by atoms with van der Waals surface area (Å²) in [6, 6.07) is 14.5. The molecule has 272 valence electrons. The number of rotatable bonds is 6. The summed E-state index contributed by atoms with van der Waals surface area (Å²) in [5.41, 5.74) is 9.52. The number of esters is 1. The van der Waals surface area contributed by atoms with Crippen LogP contribution in [0.5, 0.6) is 11.5 Å². The third-order valence-electron chi connectivity index (χ3n) is 9.38. The molecule has 1 atom stereocenters. The van der Waals surface area contributed by atoms with E-state index in [1.165, 1.54) is 28.9 Å². The molecule has 4 bridgehead atoms. The summed E-state index contributed by atoms with van der Waals surface area (Å²) < 4.78 is 71.4. The fourth-order valence-electron chi connectivity index (χ4n) is 6.34. The van der Waals surface area contributed by atoms with Crippen LogP contribution in [0.15, 0.2) is 77.3 Å². The zero-order valence-corrected chi connectivity index (χ0v) is 30.0. The van der Waals surface area contributed by atoms with E-state index in [1.54, 1.807) is 33.2 Å². The van der Waals surface area contributed by atoms with Gasteiger partial charge in [0.1, 0.15) is 11.6 Å². The van der Waals surface area contributed by atoms with Crippen molar-refractivity contribution in [2.24, 2.45) is 12.2 Å². The average molecular weight is 732 g/mol. The molecule has 3 heterocycles. The maximum absolute atomic E-state index is 15.7. The minimum absolute atomic E-state index is 0.00236. The summed E-state index contributed by atoms with van der Waals surface area (Å²) in [5.74, 6) is -2.08. The first-order chi connectivity index (χ1) is 24.8. The molecular weight excluding hydrogens is 693 g/mol. The van der Waals surface area contributed by atoms with Crippen molar-refractivity contribution in [1.82, 2.24) is 25.1 Å². The monoisotopic (exact) mass is 731 g/mol. The van der Waals surface area contributed by atoms with Crippen LogP contribution < -0.4 is 10.1 Å². The highest BCUT2D eigenvalue weighted by molar-refractivity contribution is 7.91. The number of allylic oxidation sites excluding steroid dienone is 1. The summed E-state index contributed by atoms with van der Waals surface area (Å²) in [7, 11) is -2.28. The topological polar surface area (TPSA) is 164 Å². The lowest BCUT2D eigenvalue weighted by molar-refractivity contribution is -0.143. The van der Waals surface area contributed by atoms with E-state index in [0.717, 1.165) is 5.56 Å². The molecular formula is C37H39F2N7O5S. The third-order valence-corrected chi connectivity index (χ3v) is 10.9. The van der Waals surface area contributed by atoms with Gasteiger partial charge in [-0.3, -0.25) is 4.79 Å². The van der Waals surface area contributed by atoms with Crippen LogP contribution >= 0.6 is 0 Å². The number of aromatic nitrogens is 4. The third kappa shape index (κ3) is 7.45. The van der Waals surface area contributed by atoms with E-state index in [9.17, 15) is 13.2 Å². The van der Waals surface area contributed by atoms with Crippen molar-refractivity contribution in [1.29, 1.82) is 5.53 Å². The molecule has 5 aromatic rings. The van der Waals surface area contributed by atoms with Crippen LogP contribution in [0, 0.1) is 17.2 Å². The highest BCUT2D eigenvalue weighted by Gasteiger charge is 2.36. The van der Waals surface area contributed by atoms with Crippen molar-refractivity contribution >= 4 is 26.7 Å². The largest absolute Gasteiger partial charge is 0.466 e. The second-order valence-corrected chi connectivity index (χ2v) is 15.1. The van der Waals surface area contributed by atoms with E-state index in [0.29, 0.717) is 34.1 Å². The number of hydrogen-bond acceptors (Lipinski definition) is 10. The maximum atomic E-state index is 15.7. The number of sulfone groups is 1. The Morgan fingerprint density at radius 2 is 1.96 bits per heavy atom. The number of hydrogen-bond donors (Lipinski definition) is 3. The minimum Gasteiger partial charge on any atom is -0.466 e. The van der Waals surface area contributed by atoms with Gasteiger partial charge in [0.05, 0.1) is 34.8 Å². The van der Waals surface area contributed by atoms with Crippen LogP contribution in [0.2, 0.25) is 0 Å². The highest BCUT2D eigenvalue weighted by Crippen LogP contribution is 2.39. The Kier molecular flexibility index (Phi) is 10.2. The SMILES string of the molecule is CCOC(=O)CCc1cccc(C2(C)CCS(=O)(=O)C/C(N=N)=C(\C)NCc3c(c(F)cc4[nH]ccc34)Oc3ccc(F)c(c3)-c3nc2nn3C)c1. The molecule has 3 aromatic carbocycles. The van der Waals surface area contributed by atoms with Gasteiger partial charge in [-0.2, -0.15) is 10.2 Å². The molecule has 52 heavy (non-hydrogen) atoms. The van der Waals surface area contributed by atoms with E-state index in [2.05, 4.69) is 20.5 Å². The van der Waals surface area contributed by atoms with Crippen molar-refractivity contribution < 1.29 is 31.5 Å². The fourth-order valence-corrected chi connectivity index (χ4v) is 7.90. The maximum Gasteiger partial charge on any atom is 0.306 e. The van der Waals surface area contributed by atoms with Crippen LogP contribution in [-0.4, -0.2) is 52.2 Å². The summed E-state index contributed by atoms with van der Waals surface area (Å²) in [6.07, 6.45) is 2.24. The molecule has 0 saturated heterocycles. The zero-order chi connectivity index (χ0) is 37.2. The predicted octanol–water partition coefficient (Wildman–Crippen LogP) is 7.01. The summed E-state index contributed by atoms with van der Waals surface area (Å²) >= 11 is 0. The lowest BCUT2D eigenvalue weighted by Gasteiger charge is -2.28. The Morgan fingerprint density at radius 1 is 1.15 bits per heavy atom. The molecule has 2 aromatic heterocycles. The quantitative estimate of drug-likeness (QED) is 0.124. The molecule has 1 unspecified atom stereocenters. The van der Waals surface area contributed by atoms with Crippen molar-refractivity contribution in [3.63, 3.8) is 0 Å². The normalized spacial score (nSPS) is 19.1. The highest BCUT2D eigenvalue weighted by atomic mass is 32.2. The second kappa shape index (κ2) is 14.7. The van der Waals surface area contributed by atoms with E-state index < -0.39 is 32.6 Å². The molecule has 0 radical (unpaired) electrons. The Morgan fingerprint density at radius 3 is 2.73 bits per heavy atom. The molecule has 12 nitrogen and oxygen atoms in total. The fraction of sp³-hybridized carbons (Fsp3) is 0.324. The van der Waals surface area contributed by atoms with Crippen molar-refractivity contribution in [3.8, 4) is 22.9 Å². The van der Waals surface area contributed by atoms with E-state index >= 15 is 8.78 Å². The van der Waals surface area contributed by atoms with E-state index in [1.807, 2.05) is 31.2 Å². The standard InChI is InChI=1S/C37H39F2N7O5S/c1-5-50-33(47)12-9-23-7-6-8-24(17-23)37(3)14-16-52(48,49)21-32(44-40)22(2)42-20-28-26-13-15-41-31(26)19-30(39)34(28)51-25-10-11-29(38)27(18-25)35-43-36(37)45-46(35)4/h6-8,10-11,13,15,17-19,40-42H,5,9,12,14,16,20-21H2,1-4H3/b32-22-,44-40?. The van der Waals surface area contributed by atoms with Gasteiger partial charge in [-0.05, 0) is 69.0 Å². The smallest absolute Gasteiger partial charge is 0.306 e. The van der Waals surface area contributed by atoms with Gasteiger partial charge in [-0.15, -0.1) is 0 Å². The zero-order valence-electron chi connectivity index (χ0n) is 29.2. The molecule has 6 rings (SSSR count). The molecule has 0 fully saturated rings. The van der Waals surface area contributed by atoms with Crippen LogP contribution in [0.3, 0.4) is 0 Å². The number of carbonyl (C=O) groups excluding carboxylic acids is 1. The first-order valence-electron chi connectivity index (χ1n) is 16.8. The Balaban J connectivity index is 1.50. The number of fused-ring (bicyclic) bond motifs is 8. The van der Waals surface area contributed by atoms with E-state index in [-0.39, 0.29) is 72.1 Å². The molecule has 3 N–H and O–H groups in total. The average Bonchev–Trinajstić information content (AvgIpc) is 3.75. The van der Waals surface area contributed by atoms with Crippen LogP contribution in [0.25, 0.3) is 22.3 Å². The summed E-state index contributed by atoms with van der Waals surface area (Å²) in [5, 5.41) is 12.0. The summed E-state index contributed by atoms with van der Waals surface area (Å²) in [4.78, 5) is 19.9. The van der Waals surface area contributed by atoms with Gasteiger partial charge in [0.15, 0.2) is 33.1 Å². The number of benzene rings is 3. The van der Waals surface area contributed by atoms with E-state index in [4.69, 9.17) is 20.0 Å². The number of nitrogens with one attached hydrogen (secondary N) is 3. The lowest BCUT2D eigenvalue weighted by atomic mass is 9.78. The Labute approximate surface area is 299 Å². The van der Waals surface area contributed by atoms with Gasteiger partial charge < -0.3 is 19.8 Å². The number of aromatic amines is 1. The van der Waals surface area contributed by atoms with Crippen LogP contribution in [0.4, 0.5) is 8.78 Å². The van der Waals surface area contributed by atoms with Crippen LogP contribution in [0.1, 0.15) is 56.1 Å². The molecule has 0 amide bonds. The Hall–Kier alpha value is -5.44. The molecule has 1 aliphatic heterocycles. The van der Waals surface area contributed by atoms with Gasteiger partial charge in [0.25, 0.3) is 0 Å². The predicted molar refractivity (Wildman–Crippen MR) is 191 cm³/mol. The number of carbonyl (C=O) groups is 1. The lowest BCUT2D eigenvalue weighted by Crippen LogP contribution is -2.30. The molecule has 0 aliphatic carbocycles. The first kappa shape index (κ1) is 36.4. The van der Waals surface area contributed by atoms with Gasteiger partial charge >= 0.3 is 5.97 Å². The summed E-state index contributed by atoms with van der Waals surface area (Å²) in [6.45, 7) is 5.44. The van der Waals surface area contributed by atoms with Gasteiger partial charge in [0.2, 0.25) is 0 Å². The molecule has 0 spiro atoms. The first-order valence-corrected chi connectivity index (χ1v) is 18.6. The molecule has 1 aliphatic rings. The molecule has 15 heteroatoms. The van der Waals surface area contributed by atoms with Crippen molar-refractivity contribution in [3.05, 3.63) is 106 Å². The van der Waals surface area contributed by atoms with Gasteiger partial charge in [0, 0.05) is 54.4 Å². The van der Waals surface area contributed by atoms with Crippen molar-refractivity contribution in [2.75, 3.05) is 18.1 Å². The Bertz CT molecular complexity index is 2320. The second-order valence-electron chi connectivity index (χ2n) is 12.9. The molecule has 0 saturated carbocycles. The number of ether oxygens (including phenoxy) is 2.